The summed E-state index contributed by atoms with van der Waals surface area (Å²) in [4.78, 5) is 0. The van der Waals surface area contributed by atoms with Gasteiger partial charge in [-0.1, -0.05) is 20.3 Å². The highest BCUT2D eigenvalue weighted by atomic mass is 16.5. The molecule has 0 aliphatic heterocycles. The monoisotopic (exact) mass is 216 g/mol. The van der Waals surface area contributed by atoms with Crippen molar-refractivity contribution in [3.05, 3.63) is 0 Å². The van der Waals surface area contributed by atoms with Gasteiger partial charge in [0.05, 0.1) is 6.61 Å². The summed E-state index contributed by atoms with van der Waals surface area (Å²) in [7, 11) is 0. The van der Waals surface area contributed by atoms with Crippen molar-refractivity contribution in [3.8, 4) is 0 Å². The Morgan fingerprint density at radius 1 is 1.13 bits per heavy atom. The van der Waals surface area contributed by atoms with Crippen LogP contribution in [0, 0.1) is 11.8 Å². The summed E-state index contributed by atoms with van der Waals surface area (Å²) in [6, 6.07) is 0. The molecule has 4 N–H and O–H groups in total. The van der Waals surface area contributed by atoms with Crippen molar-refractivity contribution in [2.75, 3.05) is 26.3 Å². The second-order valence-electron chi connectivity index (χ2n) is 4.46. The highest BCUT2D eigenvalue weighted by Crippen LogP contribution is 2.08. The van der Waals surface area contributed by atoms with E-state index in [1.165, 1.54) is 12.8 Å². The SMILES string of the molecule is CCCC(C)COCC(CN)CCCN. The van der Waals surface area contributed by atoms with Crippen molar-refractivity contribution in [2.24, 2.45) is 23.3 Å². The topological polar surface area (TPSA) is 61.3 Å². The molecule has 0 heterocycles. The van der Waals surface area contributed by atoms with E-state index in [0.29, 0.717) is 18.4 Å². The zero-order chi connectivity index (χ0) is 11.5. The minimum Gasteiger partial charge on any atom is -0.381 e. The van der Waals surface area contributed by atoms with Crippen LogP contribution in [0.3, 0.4) is 0 Å². The van der Waals surface area contributed by atoms with E-state index in [9.17, 15) is 0 Å². The first-order chi connectivity index (χ1) is 7.24. The van der Waals surface area contributed by atoms with Crippen molar-refractivity contribution in [1.29, 1.82) is 0 Å². The number of hydrogen-bond donors (Lipinski definition) is 2. The summed E-state index contributed by atoms with van der Waals surface area (Å²) in [6.45, 7) is 7.57. The number of nitrogens with two attached hydrogens (primary N) is 2. The molecule has 0 spiro atoms. The van der Waals surface area contributed by atoms with Gasteiger partial charge >= 0.3 is 0 Å². The van der Waals surface area contributed by atoms with Crippen LogP contribution in [-0.2, 0) is 4.74 Å². The summed E-state index contributed by atoms with van der Waals surface area (Å²) >= 11 is 0. The second kappa shape index (κ2) is 10.4. The van der Waals surface area contributed by atoms with E-state index in [0.717, 1.165) is 32.6 Å². The average molecular weight is 216 g/mol. The Bertz CT molecular complexity index is 131. The first-order valence-corrected chi connectivity index (χ1v) is 6.22. The second-order valence-corrected chi connectivity index (χ2v) is 4.46. The maximum atomic E-state index is 5.68. The Morgan fingerprint density at radius 3 is 2.40 bits per heavy atom. The van der Waals surface area contributed by atoms with Gasteiger partial charge in [0.15, 0.2) is 0 Å². The molecule has 0 saturated heterocycles. The molecule has 3 nitrogen and oxygen atoms in total. The minimum absolute atomic E-state index is 0.488. The van der Waals surface area contributed by atoms with Gasteiger partial charge in [-0.25, -0.2) is 0 Å². The molecule has 92 valence electrons. The molecule has 0 aliphatic carbocycles. The van der Waals surface area contributed by atoms with Gasteiger partial charge in [0.25, 0.3) is 0 Å². The standard InChI is InChI=1S/C12H28N2O/c1-3-5-11(2)9-15-10-12(8-14)6-4-7-13/h11-12H,3-10,13-14H2,1-2H3. The van der Waals surface area contributed by atoms with Crippen LogP contribution in [0.25, 0.3) is 0 Å². The lowest BCUT2D eigenvalue weighted by Crippen LogP contribution is -2.22. The van der Waals surface area contributed by atoms with Crippen LogP contribution in [0.4, 0.5) is 0 Å². The highest BCUT2D eigenvalue weighted by molar-refractivity contribution is 4.60. The first kappa shape index (κ1) is 14.9. The fourth-order valence-electron chi connectivity index (χ4n) is 1.69. The van der Waals surface area contributed by atoms with Gasteiger partial charge in [0.2, 0.25) is 0 Å². The van der Waals surface area contributed by atoms with Gasteiger partial charge < -0.3 is 16.2 Å². The molecule has 2 atom stereocenters. The fourth-order valence-corrected chi connectivity index (χ4v) is 1.69. The summed E-state index contributed by atoms with van der Waals surface area (Å²) in [5.74, 6) is 1.16. The summed E-state index contributed by atoms with van der Waals surface area (Å²) in [5, 5.41) is 0. The number of ether oxygens (including phenoxy) is 1. The largest absolute Gasteiger partial charge is 0.381 e. The normalized spacial score (nSPS) is 15.2. The van der Waals surface area contributed by atoms with Gasteiger partial charge in [0.1, 0.15) is 0 Å². The molecule has 0 amide bonds. The number of rotatable bonds is 10. The van der Waals surface area contributed by atoms with Crippen LogP contribution in [-0.4, -0.2) is 26.3 Å². The van der Waals surface area contributed by atoms with Gasteiger partial charge in [-0.3, -0.25) is 0 Å². The Kier molecular flexibility index (Phi) is 10.3. The first-order valence-electron chi connectivity index (χ1n) is 6.22. The van der Waals surface area contributed by atoms with Crippen molar-refractivity contribution in [3.63, 3.8) is 0 Å². The van der Waals surface area contributed by atoms with E-state index in [1.807, 2.05) is 0 Å². The van der Waals surface area contributed by atoms with E-state index >= 15 is 0 Å². The number of hydrogen-bond acceptors (Lipinski definition) is 3. The molecule has 0 aromatic heterocycles. The van der Waals surface area contributed by atoms with Crippen molar-refractivity contribution in [1.82, 2.24) is 0 Å². The van der Waals surface area contributed by atoms with E-state index in [-0.39, 0.29) is 0 Å². The molecule has 3 heteroatoms. The van der Waals surface area contributed by atoms with Crippen LogP contribution in [0.1, 0.15) is 39.5 Å². The van der Waals surface area contributed by atoms with Crippen LogP contribution < -0.4 is 11.5 Å². The molecule has 0 radical (unpaired) electrons. The van der Waals surface area contributed by atoms with Crippen molar-refractivity contribution < 1.29 is 4.74 Å². The molecule has 0 rings (SSSR count). The Labute approximate surface area is 94.5 Å². The lowest BCUT2D eigenvalue weighted by molar-refractivity contribution is 0.0724. The molecule has 15 heavy (non-hydrogen) atoms. The smallest absolute Gasteiger partial charge is 0.0506 e. The van der Waals surface area contributed by atoms with E-state index < -0.39 is 0 Å². The van der Waals surface area contributed by atoms with Gasteiger partial charge in [-0.05, 0) is 44.2 Å². The summed E-state index contributed by atoms with van der Waals surface area (Å²) < 4.78 is 5.68. The van der Waals surface area contributed by atoms with Gasteiger partial charge in [-0.2, -0.15) is 0 Å². The Hall–Kier alpha value is -0.120. The molecule has 0 bridgehead atoms. The van der Waals surface area contributed by atoms with Gasteiger partial charge in [0, 0.05) is 6.61 Å². The summed E-state index contributed by atoms with van der Waals surface area (Å²) in [6.07, 6.45) is 4.62. The molecule has 0 aromatic carbocycles. The third kappa shape index (κ3) is 8.85. The van der Waals surface area contributed by atoms with E-state index in [2.05, 4.69) is 13.8 Å². The maximum Gasteiger partial charge on any atom is 0.0506 e. The summed E-state index contributed by atoms with van der Waals surface area (Å²) in [5.41, 5.74) is 11.1. The third-order valence-electron chi connectivity index (χ3n) is 2.69. The zero-order valence-corrected chi connectivity index (χ0v) is 10.4. The van der Waals surface area contributed by atoms with Crippen molar-refractivity contribution in [2.45, 2.75) is 39.5 Å². The highest BCUT2D eigenvalue weighted by Gasteiger charge is 2.07. The molecule has 0 aromatic rings. The maximum absolute atomic E-state index is 5.68. The third-order valence-corrected chi connectivity index (χ3v) is 2.69. The quantitative estimate of drug-likeness (QED) is 0.585. The molecular weight excluding hydrogens is 188 g/mol. The molecule has 2 unspecified atom stereocenters. The average Bonchev–Trinajstić information content (AvgIpc) is 2.23. The van der Waals surface area contributed by atoms with Crippen LogP contribution in [0.2, 0.25) is 0 Å². The molecule has 0 saturated carbocycles. The molecular formula is C12H28N2O. The predicted octanol–water partition coefficient (Wildman–Crippen LogP) is 1.75. The van der Waals surface area contributed by atoms with Crippen molar-refractivity contribution >= 4 is 0 Å². The minimum atomic E-state index is 0.488. The molecule has 0 aliphatic rings. The Morgan fingerprint density at radius 2 is 1.87 bits per heavy atom. The van der Waals surface area contributed by atoms with E-state index in [4.69, 9.17) is 16.2 Å². The Balaban J connectivity index is 3.44. The fraction of sp³-hybridized carbons (Fsp3) is 1.00. The van der Waals surface area contributed by atoms with Crippen LogP contribution in [0.5, 0.6) is 0 Å². The lowest BCUT2D eigenvalue weighted by Gasteiger charge is -2.16. The van der Waals surface area contributed by atoms with Gasteiger partial charge in [-0.15, -0.1) is 0 Å². The molecule has 0 fully saturated rings. The lowest BCUT2D eigenvalue weighted by atomic mass is 10.0. The van der Waals surface area contributed by atoms with Crippen LogP contribution in [0.15, 0.2) is 0 Å². The van der Waals surface area contributed by atoms with E-state index in [1.54, 1.807) is 0 Å². The van der Waals surface area contributed by atoms with Crippen LogP contribution >= 0.6 is 0 Å². The zero-order valence-electron chi connectivity index (χ0n) is 10.4. The predicted molar refractivity (Wildman–Crippen MR) is 65.7 cm³/mol.